The molecule has 2 aromatic rings. The maximum atomic E-state index is 9.04. The van der Waals surface area contributed by atoms with Crippen molar-refractivity contribution in [1.29, 1.82) is 10.8 Å². The van der Waals surface area contributed by atoms with Crippen molar-refractivity contribution in [1.82, 2.24) is 0 Å². The third kappa shape index (κ3) is 2.88. The van der Waals surface area contributed by atoms with Crippen molar-refractivity contribution < 1.29 is 0 Å². The first kappa shape index (κ1) is 16.7. The van der Waals surface area contributed by atoms with E-state index in [0.29, 0.717) is 23.3 Å². The SMILES string of the molecule is N=C(C(C(=N)c1ccccc1)=C1C2CC3CC(C2)CC1C3)c1ccccc1. The molecule has 0 spiro atoms. The van der Waals surface area contributed by atoms with Crippen molar-refractivity contribution in [3.8, 4) is 0 Å². The summed E-state index contributed by atoms with van der Waals surface area (Å²) >= 11 is 0. The fourth-order valence-electron chi connectivity index (χ4n) is 6.01. The molecular weight excluding hydrogens is 328 g/mol. The Kier molecular flexibility index (Phi) is 4.07. The van der Waals surface area contributed by atoms with Gasteiger partial charge in [0, 0.05) is 16.7 Å². The van der Waals surface area contributed by atoms with Crippen molar-refractivity contribution in [2.24, 2.45) is 23.7 Å². The molecule has 0 saturated heterocycles. The summed E-state index contributed by atoms with van der Waals surface area (Å²) in [6.07, 6.45) is 6.51. The van der Waals surface area contributed by atoms with E-state index in [9.17, 15) is 0 Å². The molecule has 4 aliphatic rings. The van der Waals surface area contributed by atoms with E-state index < -0.39 is 0 Å². The molecule has 4 bridgehead atoms. The number of benzene rings is 2. The van der Waals surface area contributed by atoms with Crippen LogP contribution in [0.1, 0.15) is 43.2 Å². The van der Waals surface area contributed by atoms with E-state index in [4.69, 9.17) is 10.8 Å². The summed E-state index contributed by atoms with van der Waals surface area (Å²) in [7, 11) is 0. The van der Waals surface area contributed by atoms with Gasteiger partial charge in [0.25, 0.3) is 0 Å². The van der Waals surface area contributed by atoms with Gasteiger partial charge in [-0.3, -0.25) is 10.8 Å². The van der Waals surface area contributed by atoms with Crippen LogP contribution >= 0.6 is 0 Å². The van der Waals surface area contributed by atoms with Gasteiger partial charge in [-0.2, -0.15) is 0 Å². The minimum absolute atomic E-state index is 0.534. The molecule has 6 rings (SSSR count). The standard InChI is InChI=1S/C25H26N2/c26-24(18-7-3-1-4-8-18)23(25(27)19-9-5-2-6-10-19)22-20-12-16-11-17(14-20)15-21(22)13-16/h1-10,16-17,20-21,26-27H,11-15H2. The van der Waals surface area contributed by atoms with Crippen molar-refractivity contribution >= 4 is 11.4 Å². The van der Waals surface area contributed by atoms with Gasteiger partial charge in [-0.15, -0.1) is 0 Å². The van der Waals surface area contributed by atoms with Crippen molar-refractivity contribution in [2.75, 3.05) is 0 Å². The van der Waals surface area contributed by atoms with Gasteiger partial charge in [-0.1, -0.05) is 66.2 Å². The highest BCUT2D eigenvalue weighted by Crippen LogP contribution is 2.57. The molecule has 0 unspecified atom stereocenters. The topological polar surface area (TPSA) is 47.7 Å². The number of hydrogen-bond donors (Lipinski definition) is 2. The Bertz CT molecular complexity index is 824. The van der Waals surface area contributed by atoms with Gasteiger partial charge in [0.2, 0.25) is 0 Å². The first-order chi connectivity index (χ1) is 13.2. The molecule has 136 valence electrons. The molecule has 0 aromatic heterocycles. The van der Waals surface area contributed by atoms with Crippen LogP contribution in [0, 0.1) is 34.5 Å². The molecule has 2 N–H and O–H groups in total. The second kappa shape index (κ2) is 6.60. The molecule has 2 aromatic carbocycles. The van der Waals surface area contributed by atoms with E-state index in [0.717, 1.165) is 28.5 Å². The van der Waals surface area contributed by atoms with Crippen LogP contribution in [0.4, 0.5) is 0 Å². The lowest BCUT2D eigenvalue weighted by Crippen LogP contribution is -2.42. The summed E-state index contributed by atoms with van der Waals surface area (Å²) in [6.45, 7) is 0. The van der Waals surface area contributed by atoms with Crippen LogP contribution in [-0.4, -0.2) is 11.4 Å². The van der Waals surface area contributed by atoms with Gasteiger partial charge in [-0.05, 0) is 55.8 Å². The Morgan fingerprint density at radius 2 is 1.00 bits per heavy atom. The highest BCUT2D eigenvalue weighted by Gasteiger charge is 2.46. The van der Waals surface area contributed by atoms with Crippen LogP contribution in [0.25, 0.3) is 0 Å². The van der Waals surface area contributed by atoms with Crippen LogP contribution in [0.2, 0.25) is 0 Å². The second-order valence-electron chi connectivity index (χ2n) is 8.62. The van der Waals surface area contributed by atoms with Gasteiger partial charge in [0.05, 0.1) is 11.4 Å². The summed E-state index contributed by atoms with van der Waals surface area (Å²) < 4.78 is 0. The molecule has 4 fully saturated rings. The monoisotopic (exact) mass is 354 g/mol. The summed E-state index contributed by atoms with van der Waals surface area (Å²) in [6, 6.07) is 20.0. The molecule has 2 heteroatoms. The third-order valence-electron chi connectivity index (χ3n) is 6.93. The Balaban J connectivity index is 1.65. The third-order valence-corrected chi connectivity index (χ3v) is 6.93. The Morgan fingerprint density at radius 1 is 0.593 bits per heavy atom. The summed E-state index contributed by atoms with van der Waals surface area (Å²) in [5, 5.41) is 18.1. The second-order valence-corrected chi connectivity index (χ2v) is 8.62. The first-order valence-electron chi connectivity index (χ1n) is 10.2. The largest absolute Gasteiger partial charge is 0.300 e. The van der Waals surface area contributed by atoms with Gasteiger partial charge >= 0.3 is 0 Å². The Morgan fingerprint density at radius 3 is 1.41 bits per heavy atom. The van der Waals surface area contributed by atoms with Gasteiger partial charge < -0.3 is 0 Å². The molecule has 0 heterocycles. The molecular formula is C25H26N2. The normalized spacial score (nSPS) is 28.2. The molecule has 2 nitrogen and oxygen atoms in total. The minimum Gasteiger partial charge on any atom is -0.300 e. The van der Waals surface area contributed by atoms with Crippen LogP contribution in [-0.2, 0) is 0 Å². The Labute approximate surface area is 161 Å². The summed E-state index contributed by atoms with van der Waals surface area (Å²) in [5.74, 6) is 2.94. The zero-order chi connectivity index (χ0) is 18.4. The molecule has 0 amide bonds. The molecule has 4 aliphatic carbocycles. The van der Waals surface area contributed by atoms with Gasteiger partial charge in [-0.25, -0.2) is 0 Å². The van der Waals surface area contributed by atoms with E-state index >= 15 is 0 Å². The van der Waals surface area contributed by atoms with E-state index in [1.807, 2.05) is 60.7 Å². The predicted octanol–water partition coefficient (Wildman–Crippen LogP) is 5.88. The minimum atomic E-state index is 0.534. The molecule has 27 heavy (non-hydrogen) atoms. The number of allylic oxidation sites excluding steroid dienone is 2. The predicted molar refractivity (Wildman–Crippen MR) is 111 cm³/mol. The first-order valence-corrected chi connectivity index (χ1v) is 10.2. The van der Waals surface area contributed by atoms with E-state index in [-0.39, 0.29) is 0 Å². The maximum Gasteiger partial charge on any atom is 0.0705 e. The van der Waals surface area contributed by atoms with Crippen LogP contribution in [0.5, 0.6) is 0 Å². The fraction of sp³-hybridized carbons (Fsp3) is 0.360. The molecule has 0 radical (unpaired) electrons. The zero-order valence-electron chi connectivity index (χ0n) is 15.6. The average Bonchev–Trinajstić information content (AvgIpc) is 2.70. The van der Waals surface area contributed by atoms with E-state index in [2.05, 4.69) is 0 Å². The van der Waals surface area contributed by atoms with Gasteiger partial charge in [0.15, 0.2) is 0 Å². The summed E-state index contributed by atoms with van der Waals surface area (Å²) in [5.41, 5.74) is 5.27. The summed E-state index contributed by atoms with van der Waals surface area (Å²) in [4.78, 5) is 0. The van der Waals surface area contributed by atoms with Crippen LogP contribution in [0.3, 0.4) is 0 Å². The van der Waals surface area contributed by atoms with Crippen molar-refractivity contribution in [3.63, 3.8) is 0 Å². The highest BCUT2D eigenvalue weighted by atomic mass is 14.6. The Hall–Kier alpha value is -2.48. The zero-order valence-corrected chi connectivity index (χ0v) is 15.6. The quantitative estimate of drug-likeness (QED) is 0.645. The molecule has 0 atom stereocenters. The van der Waals surface area contributed by atoms with Crippen molar-refractivity contribution in [2.45, 2.75) is 32.1 Å². The molecule has 4 saturated carbocycles. The lowest BCUT2D eigenvalue weighted by atomic mass is 9.53. The van der Waals surface area contributed by atoms with E-state index in [1.165, 1.54) is 37.7 Å². The maximum absolute atomic E-state index is 9.04. The fourth-order valence-corrected chi connectivity index (χ4v) is 6.01. The highest BCUT2D eigenvalue weighted by molar-refractivity contribution is 6.33. The van der Waals surface area contributed by atoms with Crippen molar-refractivity contribution in [3.05, 3.63) is 82.9 Å². The lowest BCUT2D eigenvalue weighted by molar-refractivity contribution is 0.0694. The van der Waals surface area contributed by atoms with Gasteiger partial charge in [0.1, 0.15) is 0 Å². The smallest absolute Gasteiger partial charge is 0.0705 e. The molecule has 0 aliphatic heterocycles. The van der Waals surface area contributed by atoms with E-state index in [1.54, 1.807) is 0 Å². The number of nitrogens with one attached hydrogen (secondary N) is 2. The number of rotatable bonds is 4. The lowest BCUT2D eigenvalue weighted by Gasteiger charge is -2.52. The van der Waals surface area contributed by atoms with Crippen LogP contribution in [0.15, 0.2) is 71.8 Å². The number of hydrogen-bond acceptors (Lipinski definition) is 2. The average molecular weight is 354 g/mol. The van der Waals surface area contributed by atoms with Crippen LogP contribution < -0.4 is 0 Å².